The van der Waals surface area contributed by atoms with Crippen LogP contribution in [0.15, 0.2) is 41.3 Å². The molecule has 2 heterocycles. The van der Waals surface area contributed by atoms with E-state index in [-0.39, 0.29) is 23.7 Å². The van der Waals surface area contributed by atoms with Gasteiger partial charge in [-0.1, -0.05) is 18.2 Å². The molecule has 0 amide bonds. The molecule has 0 saturated heterocycles. The van der Waals surface area contributed by atoms with Gasteiger partial charge in [-0.15, -0.1) is 5.10 Å². The van der Waals surface area contributed by atoms with Crippen LogP contribution in [0, 0.1) is 0 Å². The first-order valence-electron chi connectivity index (χ1n) is 6.15. The third kappa shape index (κ3) is 2.59. The van der Waals surface area contributed by atoms with Crippen molar-refractivity contribution in [3.8, 4) is 0 Å². The second-order valence-electron chi connectivity index (χ2n) is 4.35. The van der Waals surface area contributed by atoms with Gasteiger partial charge in [0, 0.05) is 17.4 Å². The summed E-state index contributed by atoms with van der Waals surface area (Å²) in [5, 5.41) is 15.7. The zero-order chi connectivity index (χ0) is 14.8. The molecule has 0 aliphatic rings. The monoisotopic (exact) mass is 285 g/mol. The second kappa shape index (κ2) is 5.08. The maximum absolute atomic E-state index is 12.1. The summed E-state index contributed by atoms with van der Waals surface area (Å²) >= 11 is 0. The SMILES string of the molecule is O=C(O)Cc1c[nH]c2nc(Nc3ccccc3)nn2c1=O. The van der Waals surface area contributed by atoms with Gasteiger partial charge in [-0.3, -0.25) is 9.59 Å². The van der Waals surface area contributed by atoms with Gasteiger partial charge in [0.15, 0.2) is 0 Å². The molecular formula is C13H11N5O3. The zero-order valence-corrected chi connectivity index (χ0v) is 10.8. The minimum Gasteiger partial charge on any atom is -0.481 e. The number of nitrogens with zero attached hydrogens (tertiary/aromatic N) is 3. The Hall–Kier alpha value is -3.16. The van der Waals surface area contributed by atoms with Gasteiger partial charge in [0.2, 0.25) is 11.7 Å². The van der Waals surface area contributed by atoms with E-state index in [4.69, 9.17) is 5.11 Å². The molecule has 2 aromatic heterocycles. The smallest absolute Gasteiger partial charge is 0.308 e. The lowest BCUT2D eigenvalue weighted by atomic mass is 10.2. The van der Waals surface area contributed by atoms with Crippen LogP contribution in [0.4, 0.5) is 11.6 Å². The largest absolute Gasteiger partial charge is 0.481 e. The molecule has 0 unspecified atom stereocenters. The van der Waals surface area contributed by atoms with E-state index in [2.05, 4.69) is 20.4 Å². The average Bonchev–Trinajstić information content (AvgIpc) is 2.86. The van der Waals surface area contributed by atoms with Gasteiger partial charge < -0.3 is 15.4 Å². The molecule has 21 heavy (non-hydrogen) atoms. The highest BCUT2D eigenvalue weighted by Crippen LogP contribution is 2.11. The number of aliphatic carboxylic acids is 1. The number of anilines is 2. The number of hydrogen-bond acceptors (Lipinski definition) is 5. The molecule has 3 N–H and O–H groups in total. The van der Waals surface area contributed by atoms with Crippen molar-refractivity contribution < 1.29 is 9.90 Å². The maximum Gasteiger partial charge on any atom is 0.308 e. The first-order chi connectivity index (χ1) is 10.1. The van der Waals surface area contributed by atoms with E-state index in [1.165, 1.54) is 6.20 Å². The van der Waals surface area contributed by atoms with E-state index in [0.29, 0.717) is 0 Å². The van der Waals surface area contributed by atoms with Crippen LogP contribution in [0.2, 0.25) is 0 Å². The summed E-state index contributed by atoms with van der Waals surface area (Å²) in [7, 11) is 0. The lowest BCUT2D eigenvalue weighted by Crippen LogP contribution is -2.21. The Morgan fingerprint density at radius 3 is 2.81 bits per heavy atom. The normalized spacial score (nSPS) is 10.7. The Bertz CT molecular complexity index is 853. The summed E-state index contributed by atoms with van der Waals surface area (Å²) < 4.78 is 1.05. The highest BCUT2D eigenvalue weighted by atomic mass is 16.4. The van der Waals surface area contributed by atoms with Crippen molar-refractivity contribution >= 4 is 23.4 Å². The van der Waals surface area contributed by atoms with Crippen LogP contribution in [0.25, 0.3) is 5.78 Å². The van der Waals surface area contributed by atoms with Crippen LogP contribution >= 0.6 is 0 Å². The van der Waals surface area contributed by atoms with Crippen molar-refractivity contribution in [2.45, 2.75) is 6.42 Å². The number of nitrogens with one attached hydrogen (secondary N) is 2. The number of hydrogen-bond donors (Lipinski definition) is 3. The molecule has 3 aromatic rings. The third-order valence-electron chi connectivity index (χ3n) is 2.82. The number of carbonyl (C=O) groups is 1. The molecule has 0 atom stereocenters. The Labute approximate surface area is 118 Å². The van der Waals surface area contributed by atoms with Gasteiger partial charge >= 0.3 is 5.97 Å². The Morgan fingerprint density at radius 2 is 2.10 bits per heavy atom. The van der Waals surface area contributed by atoms with Gasteiger partial charge in [0.05, 0.1) is 6.42 Å². The van der Waals surface area contributed by atoms with Crippen molar-refractivity contribution in [3.63, 3.8) is 0 Å². The van der Waals surface area contributed by atoms with Crippen LogP contribution in [-0.2, 0) is 11.2 Å². The summed E-state index contributed by atoms with van der Waals surface area (Å²) in [5.41, 5.74) is 0.400. The van der Waals surface area contributed by atoms with E-state index in [1.54, 1.807) is 0 Å². The number of aromatic amines is 1. The van der Waals surface area contributed by atoms with Gasteiger partial charge in [0.1, 0.15) is 0 Å². The molecule has 1 aromatic carbocycles. The van der Waals surface area contributed by atoms with Crippen LogP contribution < -0.4 is 10.9 Å². The molecule has 0 fully saturated rings. The fourth-order valence-corrected chi connectivity index (χ4v) is 1.89. The van der Waals surface area contributed by atoms with Crippen molar-refractivity contribution in [1.82, 2.24) is 19.6 Å². The number of benzene rings is 1. The molecule has 8 heteroatoms. The second-order valence-corrected chi connectivity index (χ2v) is 4.35. The number of H-pyrrole nitrogens is 1. The summed E-state index contributed by atoms with van der Waals surface area (Å²) in [5.74, 6) is -0.586. The Kier molecular flexibility index (Phi) is 3.11. The highest BCUT2D eigenvalue weighted by Gasteiger charge is 2.12. The van der Waals surface area contributed by atoms with Crippen molar-refractivity contribution in [2.24, 2.45) is 0 Å². The fourth-order valence-electron chi connectivity index (χ4n) is 1.89. The molecule has 0 aliphatic carbocycles. The molecule has 0 spiro atoms. The third-order valence-corrected chi connectivity index (χ3v) is 2.82. The highest BCUT2D eigenvalue weighted by molar-refractivity contribution is 5.70. The van der Waals surface area contributed by atoms with Crippen LogP contribution in [0.3, 0.4) is 0 Å². The predicted octanol–water partition coefficient (Wildman–Crippen LogP) is 0.788. The molecule has 0 bridgehead atoms. The number of para-hydroxylation sites is 1. The lowest BCUT2D eigenvalue weighted by Gasteiger charge is -1.98. The number of carboxylic acid groups (broad SMARTS) is 1. The molecule has 8 nitrogen and oxygen atoms in total. The molecule has 0 aliphatic heterocycles. The Morgan fingerprint density at radius 1 is 1.33 bits per heavy atom. The molecule has 106 valence electrons. The van der Waals surface area contributed by atoms with Gasteiger partial charge in [0.25, 0.3) is 5.56 Å². The number of fused-ring (bicyclic) bond motifs is 1. The van der Waals surface area contributed by atoms with Gasteiger partial charge in [-0.05, 0) is 12.1 Å². The lowest BCUT2D eigenvalue weighted by molar-refractivity contribution is -0.136. The van der Waals surface area contributed by atoms with Crippen molar-refractivity contribution in [1.29, 1.82) is 0 Å². The van der Waals surface area contributed by atoms with E-state index >= 15 is 0 Å². The van der Waals surface area contributed by atoms with E-state index in [9.17, 15) is 9.59 Å². The van der Waals surface area contributed by atoms with E-state index in [1.807, 2.05) is 30.3 Å². The molecule has 0 radical (unpaired) electrons. The van der Waals surface area contributed by atoms with Crippen molar-refractivity contribution in [2.75, 3.05) is 5.32 Å². The number of rotatable bonds is 4. The minimum atomic E-state index is -1.08. The van der Waals surface area contributed by atoms with Crippen LogP contribution in [-0.4, -0.2) is 30.7 Å². The Balaban J connectivity index is 1.98. The zero-order valence-electron chi connectivity index (χ0n) is 10.8. The topological polar surface area (TPSA) is 112 Å². The van der Waals surface area contributed by atoms with Gasteiger partial charge in [-0.2, -0.15) is 9.50 Å². The van der Waals surface area contributed by atoms with Crippen LogP contribution in [0.1, 0.15) is 5.56 Å². The number of aromatic nitrogens is 4. The van der Waals surface area contributed by atoms with Crippen LogP contribution in [0.5, 0.6) is 0 Å². The quantitative estimate of drug-likeness (QED) is 0.653. The molecule has 0 saturated carbocycles. The minimum absolute atomic E-state index is 0.117. The maximum atomic E-state index is 12.1. The molecular weight excluding hydrogens is 274 g/mol. The van der Waals surface area contributed by atoms with E-state index in [0.717, 1.165) is 10.2 Å². The predicted molar refractivity (Wildman–Crippen MR) is 74.7 cm³/mol. The number of carboxylic acids is 1. The molecule has 3 rings (SSSR count). The van der Waals surface area contributed by atoms with Gasteiger partial charge in [-0.25, -0.2) is 0 Å². The first-order valence-corrected chi connectivity index (χ1v) is 6.15. The fraction of sp³-hybridized carbons (Fsp3) is 0.0769. The average molecular weight is 285 g/mol. The summed E-state index contributed by atoms with van der Waals surface area (Å²) in [4.78, 5) is 29.7. The summed E-state index contributed by atoms with van der Waals surface area (Å²) in [6.45, 7) is 0. The van der Waals surface area contributed by atoms with E-state index < -0.39 is 11.5 Å². The standard InChI is InChI=1S/C13H11N5O3/c19-10(20)6-8-7-14-13-16-12(17-18(13)11(8)21)15-9-4-2-1-3-5-9/h1-5,7H,6H2,(H,19,20)(H2,14,15,16,17). The first kappa shape index (κ1) is 12.9. The summed E-state index contributed by atoms with van der Waals surface area (Å²) in [6.07, 6.45) is 0.972. The summed E-state index contributed by atoms with van der Waals surface area (Å²) in [6, 6.07) is 9.26. The van der Waals surface area contributed by atoms with Crippen molar-refractivity contribution in [3.05, 3.63) is 52.4 Å².